The number of carbonyl (C=O) groups is 3. The first-order valence-electron chi connectivity index (χ1n) is 15.2. The molecule has 2 saturated heterocycles. The third kappa shape index (κ3) is 8.05. The van der Waals surface area contributed by atoms with E-state index in [1.54, 1.807) is 0 Å². The smallest absolute Gasteiger partial charge is 0.294 e. The van der Waals surface area contributed by atoms with Crippen LogP contribution in [-0.2, 0) is 22.7 Å². The zero-order valence-electron chi connectivity index (χ0n) is 24.9. The van der Waals surface area contributed by atoms with Crippen molar-refractivity contribution in [3.05, 3.63) is 59.7 Å². The van der Waals surface area contributed by atoms with Gasteiger partial charge in [0.1, 0.15) is 23.1 Å². The third-order valence-corrected chi connectivity index (χ3v) is 8.71. The summed E-state index contributed by atoms with van der Waals surface area (Å²) in [4.78, 5) is 42.7. The standard InChI is InChI=1S/C32H45N5O4S/c1-3-5-7-8-28-29(38)37(19-6-4-2)32(30(39)35-28)17-20-36(21-18-32)23-25-11-15-27(16-12-25)41-26-13-9-24(10-14-26)22-34-31(40)42-33/h9-16,28H,3-8,17-23,33H2,1-2H3,(H,34,40)(H,35,39). The summed E-state index contributed by atoms with van der Waals surface area (Å²) in [5, 5.41) is 10.8. The zero-order chi connectivity index (χ0) is 30.0. The Kier molecular flexibility index (Phi) is 11.7. The van der Waals surface area contributed by atoms with Crippen molar-refractivity contribution in [2.24, 2.45) is 5.14 Å². The van der Waals surface area contributed by atoms with E-state index in [1.807, 2.05) is 41.3 Å². The molecule has 1 unspecified atom stereocenters. The summed E-state index contributed by atoms with van der Waals surface area (Å²) in [6, 6.07) is 15.2. The second-order valence-corrected chi connectivity index (χ2v) is 11.9. The molecule has 3 amide bonds. The lowest BCUT2D eigenvalue weighted by Gasteiger charge is -2.51. The fourth-order valence-electron chi connectivity index (χ4n) is 5.84. The van der Waals surface area contributed by atoms with Crippen LogP contribution in [0, 0.1) is 0 Å². The number of unbranched alkanes of at least 4 members (excludes halogenated alkanes) is 3. The molecule has 0 aromatic heterocycles. The minimum atomic E-state index is -0.730. The molecule has 0 radical (unpaired) electrons. The Morgan fingerprint density at radius 2 is 1.60 bits per heavy atom. The highest BCUT2D eigenvalue weighted by Gasteiger charge is 2.53. The van der Waals surface area contributed by atoms with E-state index in [9.17, 15) is 14.4 Å². The van der Waals surface area contributed by atoms with E-state index < -0.39 is 5.54 Å². The lowest BCUT2D eigenvalue weighted by molar-refractivity contribution is -0.161. The molecule has 10 heteroatoms. The minimum Gasteiger partial charge on any atom is -0.457 e. The van der Waals surface area contributed by atoms with Gasteiger partial charge in [-0.25, -0.2) is 0 Å². The van der Waals surface area contributed by atoms with Gasteiger partial charge in [-0.2, -0.15) is 0 Å². The number of nitrogens with one attached hydrogen (secondary N) is 2. The van der Waals surface area contributed by atoms with Crippen molar-refractivity contribution >= 4 is 29.0 Å². The number of carbonyl (C=O) groups excluding carboxylic acids is 3. The Hall–Kier alpha value is -3.08. The van der Waals surface area contributed by atoms with Crippen molar-refractivity contribution in [1.29, 1.82) is 0 Å². The van der Waals surface area contributed by atoms with Gasteiger partial charge < -0.3 is 20.3 Å². The highest BCUT2D eigenvalue weighted by molar-refractivity contribution is 8.11. The van der Waals surface area contributed by atoms with Crippen LogP contribution in [0.15, 0.2) is 48.5 Å². The number of piperidine rings is 1. The number of hydrogen-bond donors (Lipinski definition) is 3. The van der Waals surface area contributed by atoms with Crippen LogP contribution in [0.3, 0.4) is 0 Å². The molecule has 2 aromatic carbocycles. The number of benzene rings is 2. The van der Waals surface area contributed by atoms with E-state index in [-0.39, 0.29) is 23.1 Å². The molecule has 4 N–H and O–H groups in total. The number of nitrogens with zero attached hydrogens (tertiary/aromatic N) is 2. The van der Waals surface area contributed by atoms with Gasteiger partial charge in [-0.1, -0.05) is 63.8 Å². The molecule has 0 saturated carbocycles. The maximum atomic E-state index is 13.5. The Balaban J connectivity index is 1.31. The van der Waals surface area contributed by atoms with Crippen LogP contribution >= 0.6 is 11.9 Å². The molecule has 2 heterocycles. The van der Waals surface area contributed by atoms with Crippen molar-refractivity contribution in [2.45, 2.75) is 89.9 Å². The number of piperazine rings is 1. The lowest BCUT2D eigenvalue weighted by Crippen LogP contribution is -2.72. The average molecular weight is 596 g/mol. The van der Waals surface area contributed by atoms with Crippen molar-refractivity contribution in [3.8, 4) is 11.5 Å². The summed E-state index contributed by atoms with van der Waals surface area (Å²) in [7, 11) is 0. The van der Waals surface area contributed by atoms with Crippen molar-refractivity contribution in [2.75, 3.05) is 19.6 Å². The van der Waals surface area contributed by atoms with Crippen LogP contribution in [0.1, 0.15) is 76.3 Å². The third-order valence-electron chi connectivity index (χ3n) is 8.36. The fourth-order valence-corrected chi connectivity index (χ4v) is 5.99. The number of nitrogens with two attached hydrogens (primary N) is 1. The van der Waals surface area contributed by atoms with Gasteiger partial charge in [0.15, 0.2) is 0 Å². The lowest BCUT2D eigenvalue weighted by atomic mass is 9.81. The maximum Gasteiger partial charge on any atom is 0.294 e. The number of likely N-dealkylation sites (tertiary alicyclic amines) is 1. The first-order chi connectivity index (χ1) is 20.4. The molecule has 42 heavy (non-hydrogen) atoms. The molecule has 0 aliphatic carbocycles. The summed E-state index contributed by atoms with van der Waals surface area (Å²) in [5.74, 6) is 1.60. The van der Waals surface area contributed by atoms with Gasteiger partial charge in [0, 0.05) is 44.7 Å². The molecule has 0 bridgehead atoms. The first-order valence-corrected chi connectivity index (χ1v) is 16.1. The minimum absolute atomic E-state index is 0.0354. The molecule has 9 nitrogen and oxygen atoms in total. The van der Waals surface area contributed by atoms with Crippen molar-refractivity contribution in [1.82, 2.24) is 20.4 Å². The monoisotopic (exact) mass is 595 g/mol. The molecule has 2 aromatic rings. The number of ether oxygens (including phenoxy) is 1. The van der Waals surface area contributed by atoms with E-state index in [2.05, 4.69) is 41.5 Å². The average Bonchev–Trinajstić information content (AvgIpc) is 3.01. The predicted molar refractivity (Wildman–Crippen MR) is 167 cm³/mol. The molecular formula is C32H45N5O4S. The molecule has 1 atom stereocenters. The van der Waals surface area contributed by atoms with E-state index in [0.29, 0.717) is 43.6 Å². The number of hydrogen-bond acceptors (Lipinski definition) is 7. The summed E-state index contributed by atoms with van der Waals surface area (Å²) < 4.78 is 6.00. The number of amides is 3. The first kappa shape index (κ1) is 31.8. The molecular weight excluding hydrogens is 550 g/mol. The molecule has 1 spiro atoms. The zero-order valence-corrected chi connectivity index (χ0v) is 25.7. The Morgan fingerprint density at radius 1 is 0.976 bits per heavy atom. The summed E-state index contributed by atoms with van der Waals surface area (Å²) >= 11 is 0.663. The van der Waals surface area contributed by atoms with E-state index in [1.165, 1.54) is 5.56 Å². The van der Waals surface area contributed by atoms with Crippen molar-refractivity contribution in [3.63, 3.8) is 0 Å². The summed E-state index contributed by atoms with van der Waals surface area (Å²) in [6.45, 7) is 7.64. The largest absolute Gasteiger partial charge is 0.457 e. The predicted octanol–water partition coefficient (Wildman–Crippen LogP) is 5.34. The van der Waals surface area contributed by atoms with E-state index in [4.69, 9.17) is 9.88 Å². The van der Waals surface area contributed by atoms with Gasteiger partial charge in [-0.15, -0.1) is 0 Å². The SMILES string of the molecule is CCCCCC1NC(=O)C2(CCN(Cc3ccc(Oc4ccc(CNC(=O)SN)cc4)cc3)CC2)N(CCCC)C1=O. The maximum absolute atomic E-state index is 13.5. The summed E-state index contributed by atoms with van der Waals surface area (Å²) in [6.07, 6.45) is 7.07. The van der Waals surface area contributed by atoms with Gasteiger partial charge in [-0.3, -0.25) is 24.4 Å². The van der Waals surface area contributed by atoms with E-state index >= 15 is 0 Å². The van der Waals surface area contributed by atoms with Crippen LogP contribution in [0.5, 0.6) is 11.5 Å². The molecule has 2 aliphatic rings. The Morgan fingerprint density at radius 3 is 2.19 bits per heavy atom. The van der Waals surface area contributed by atoms with E-state index in [0.717, 1.165) is 69.5 Å². The quantitative estimate of drug-likeness (QED) is 0.211. The highest BCUT2D eigenvalue weighted by atomic mass is 32.2. The Bertz CT molecular complexity index is 1180. The van der Waals surface area contributed by atoms with Gasteiger partial charge in [-0.05, 0) is 61.1 Å². The van der Waals surface area contributed by atoms with Crippen LogP contribution < -0.4 is 20.5 Å². The molecule has 228 valence electrons. The fraction of sp³-hybridized carbons (Fsp3) is 0.531. The van der Waals surface area contributed by atoms with Gasteiger partial charge >= 0.3 is 0 Å². The topological polar surface area (TPSA) is 117 Å². The van der Waals surface area contributed by atoms with Crippen LogP contribution in [0.25, 0.3) is 0 Å². The van der Waals surface area contributed by atoms with Crippen LogP contribution in [0.4, 0.5) is 4.79 Å². The van der Waals surface area contributed by atoms with Gasteiger partial charge in [0.2, 0.25) is 11.8 Å². The molecule has 4 rings (SSSR count). The molecule has 2 aliphatic heterocycles. The van der Waals surface area contributed by atoms with Crippen LogP contribution in [-0.4, -0.2) is 58.1 Å². The second-order valence-electron chi connectivity index (χ2n) is 11.3. The normalized spacial score (nSPS) is 18.6. The summed E-state index contributed by atoms with van der Waals surface area (Å²) in [5.41, 5.74) is 1.40. The second kappa shape index (κ2) is 15.4. The van der Waals surface area contributed by atoms with Crippen LogP contribution in [0.2, 0.25) is 0 Å². The number of rotatable bonds is 13. The van der Waals surface area contributed by atoms with Crippen molar-refractivity contribution < 1.29 is 19.1 Å². The van der Waals surface area contributed by atoms with Gasteiger partial charge in [0.25, 0.3) is 5.24 Å². The molecule has 2 fully saturated rings. The van der Waals surface area contributed by atoms with Gasteiger partial charge in [0.05, 0.1) is 0 Å². The Labute approximate surface area is 254 Å². The highest BCUT2D eigenvalue weighted by Crippen LogP contribution is 2.35.